The standard InChI is InChI=1S/C13H16BrN/c14-11-5-1-2-6-12(11)15-9-13(10-15)7-3-4-8-13/h1-2,5-6H,3-4,7-10H2. The van der Waals surface area contributed by atoms with Crippen LogP contribution < -0.4 is 4.90 Å². The van der Waals surface area contributed by atoms with Gasteiger partial charge in [-0.2, -0.15) is 0 Å². The summed E-state index contributed by atoms with van der Waals surface area (Å²) in [6.45, 7) is 2.55. The molecule has 1 spiro atoms. The third-order valence-corrected chi connectivity index (χ3v) is 4.58. The average Bonchev–Trinajstić information content (AvgIpc) is 2.65. The normalized spacial score (nSPS) is 23.1. The Kier molecular flexibility index (Phi) is 2.27. The van der Waals surface area contributed by atoms with Gasteiger partial charge in [0.05, 0.1) is 5.69 Å². The minimum atomic E-state index is 0.690. The van der Waals surface area contributed by atoms with Crippen molar-refractivity contribution in [1.82, 2.24) is 0 Å². The van der Waals surface area contributed by atoms with Crippen LogP contribution in [0, 0.1) is 5.41 Å². The van der Waals surface area contributed by atoms with Crippen LogP contribution >= 0.6 is 15.9 Å². The van der Waals surface area contributed by atoms with E-state index >= 15 is 0 Å². The lowest BCUT2D eigenvalue weighted by Crippen LogP contribution is -2.55. The highest BCUT2D eigenvalue weighted by molar-refractivity contribution is 9.10. The summed E-state index contributed by atoms with van der Waals surface area (Å²) in [5.41, 5.74) is 2.06. The van der Waals surface area contributed by atoms with E-state index in [1.165, 1.54) is 48.9 Å². The molecule has 80 valence electrons. The molecule has 1 saturated carbocycles. The zero-order valence-corrected chi connectivity index (χ0v) is 10.5. The van der Waals surface area contributed by atoms with Gasteiger partial charge in [-0.3, -0.25) is 0 Å². The summed E-state index contributed by atoms with van der Waals surface area (Å²) in [6, 6.07) is 8.55. The van der Waals surface area contributed by atoms with Gasteiger partial charge in [-0.05, 0) is 40.9 Å². The van der Waals surface area contributed by atoms with Gasteiger partial charge in [0.1, 0.15) is 0 Å². The van der Waals surface area contributed by atoms with Gasteiger partial charge >= 0.3 is 0 Å². The molecule has 0 radical (unpaired) electrons. The summed E-state index contributed by atoms with van der Waals surface area (Å²) in [5, 5.41) is 0. The highest BCUT2D eigenvalue weighted by Gasteiger charge is 2.44. The minimum absolute atomic E-state index is 0.690. The summed E-state index contributed by atoms with van der Waals surface area (Å²) in [4.78, 5) is 2.51. The first-order chi connectivity index (χ1) is 7.29. The second kappa shape index (κ2) is 3.51. The molecule has 2 fully saturated rings. The highest BCUT2D eigenvalue weighted by Crippen LogP contribution is 2.47. The fraction of sp³-hybridized carbons (Fsp3) is 0.538. The SMILES string of the molecule is Brc1ccccc1N1CC2(CCCC2)C1. The Balaban J connectivity index is 1.75. The summed E-state index contributed by atoms with van der Waals surface area (Å²) in [7, 11) is 0. The van der Waals surface area contributed by atoms with Gasteiger partial charge in [-0.1, -0.05) is 25.0 Å². The van der Waals surface area contributed by atoms with E-state index in [0.717, 1.165) is 0 Å². The molecule has 0 bridgehead atoms. The fourth-order valence-corrected chi connectivity index (χ4v) is 3.62. The first kappa shape index (κ1) is 9.71. The van der Waals surface area contributed by atoms with E-state index in [4.69, 9.17) is 0 Å². The molecular formula is C13H16BrN. The second-order valence-corrected chi connectivity index (χ2v) is 5.87. The Morgan fingerprint density at radius 1 is 1.07 bits per heavy atom. The van der Waals surface area contributed by atoms with Crippen molar-refractivity contribution in [2.24, 2.45) is 5.41 Å². The molecule has 2 heteroatoms. The fourth-order valence-electron chi connectivity index (χ4n) is 3.08. The maximum Gasteiger partial charge on any atom is 0.0511 e. The van der Waals surface area contributed by atoms with Crippen molar-refractivity contribution in [1.29, 1.82) is 0 Å². The number of nitrogens with zero attached hydrogens (tertiary/aromatic N) is 1. The quantitative estimate of drug-likeness (QED) is 0.746. The maximum atomic E-state index is 3.63. The number of hydrogen-bond acceptors (Lipinski definition) is 1. The van der Waals surface area contributed by atoms with Crippen molar-refractivity contribution in [3.8, 4) is 0 Å². The Morgan fingerprint density at radius 2 is 1.73 bits per heavy atom. The van der Waals surface area contributed by atoms with Gasteiger partial charge in [0.25, 0.3) is 0 Å². The molecule has 2 aliphatic rings. The van der Waals surface area contributed by atoms with Crippen LogP contribution in [-0.2, 0) is 0 Å². The van der Waals surface area contributed by atoms with Crippen LogP contribution in [0.2, 0.25) is 0 Å². The zero-order valence-electron chi connectivity index (χ0n) is 8.88. The molecule has 1 aliphatic heterocycles. The monoisotopic (exact) mass is 265 g/mol. The average molecular weight is 266 g/mol. The van der Waals surface area contributed by atoms with E-state index in [0.29, 0.717) is 5.41 Å². The Hall–Kier alpha value is -0.500. The van der Waals surface area contributed by atoms with Crippen molar-refractivity contribution in [3.63, 3.8) is 0 Å². The molecule has 1 saturated heterocycles. The summed E-state index contributed by atoms with van der Waals surface area (Å²) < 4.78 is 1.23. The lowest BCUT2D eigenvalue weighted by molar-refractivity contribution is 0.222. The molecule has 1 heterocycles. The minimum Gasteiger partial charge on any atom is -0.369 e. The van der Waals surface area contributed by atoms with Crippen molar-refractivity contribution < 1.29 is 0 Å². The summed E-state index contributed by atoms with van der Waals surface area (Å²) in [6.07, 6.45) is 5.80. The van der Waals surface area contributed by atoms with Crippen LogP contribution in [0.3, 0.4) is 0 Å². The number of rotatable bonds is 1. The topological polar surface area (TPSA) is 3.24 Å². The van der Waals surface area contributed by atoms with Crippen molar-refractivity contribution >= 4 is 21.6 Å². The van der Waals surface area contributed by atoms with Crippen molar-refractivity contribution in [2.75, 3.05) is 18.0 Å². The zero-order chi connectivity index (χ0) is 10.3. The number of benzene rings is 1. The molecule has 1 aliphatic carbocycles. The van der Waals surface area contributed by atoms with Crippen LogP contribution in [0.25, 0.3) is 0 Å². The molecule has 0 atom stereocenters. The van der Waals surface area contributed by atoms with Crippen LogP contribution in [-0.4, -0.2) is 13.1 Å². The van der Waals surface area contributed by atoms with E-state index in [1.54, 1.807) is 0 Å². The Labute approximate surface area is 99.6 Å². The summed E-state index contributed by atoms with van der Waals surface area (Å²) >= 11 is 3.63. The molecule has 1 nitrogen and oxygen atoms in total. The number of para-hydroxylation sites is 1. The Morgan fingerprint density at radius 3 is 2.40 bits per heavy atom. The third kappa shape index (κ3) is 1.59. The third-order valence-electron chi connectivity index (χ3n) is 3.91. The smallest absolute Gasteiger partial charge is 0.0511 e. The molecule has 0 amide bonds. The van der Waals surface area contributed by atoms with Crippen LogP contribution in [0.5, 0.6) is 0 Å². The predicted octanol–water partition coefficient (Wildman–Crippen LogP) is 3.83. The van der Waals surface area contributed by atoms with Gasteiger partial charge in [-0.15, -0.1) is 0 Å². The largest absolute Gasteiger partial charge is 0.369 e. The molecule has 0 aromatic heterocycles. The molecule has 1 aromatic carbocycles. The maximum absolute atomic E-state index is 3.63. The van der Waals surface area contributed by atoms with E-state index < -0.39 is 0 Å². The van der Waals surface area contributed by atoms with Gasteiger partial charge in [0.15, 0.2) is 0 Å². The molecule has 0 unspecified atom stereocenters. The van der Waals surface area contributed by atoms with Gasteiger partial charge in [0.2, 0.25) is 0 Å². The molecule has 3 rings (SSSR count). The number of halogens is 1. The van der Waals surface area contributed by atoms with Crippen molar-refractivity contribution in [2.45, 2.75) is 25.7 Å². The van der Waals surface area contributed by atoms with Gasteiger partial charge in [0, 0.05) is 23.0 Å². The number of anilines is 1. The molecular weight excluding hydrogens is 250 g/mol. The van der Waals surface area contributed by atoms with Gasteiger partial charge < -0.3 is 4.90 Å². The molecule has 0 N–H and O–H groups in total. The van der Waals surface area contributed by atoms with Gasteiger partial charge in [-0.25, -0.2) is 0 Å². The molecule has 1 aromatic rings. The second-order valence-electron chi connectivity index (χ2n) is 5.01. The lowest BCUT2D eigenvalue weighted by atomic mass is 9.78. The molecule has 15 heavy (non-hydrogen) atoms. The van der Waals surface area contributed by atoms with E-state index in [-0.39, 0.29) is 0 Å². The van der Waals surface area contributed by atoms with E-state index in [2.05, 4.69) is 45.1 Å². The van der Waals surface area contributed by atoms with Crippen LogP contribution in [0.1, 0.15) is 25.7 Å². The van der Waals surface area contributed by atoms with E-state index in [1.807, 2.05) is 0 Å². The van der Waals surface area contributed by atoms with Crippen LogP contribution in [0.4, 0.5) is 5.69 Å². The summed E-state index contributed by atoms with van der Waals surface area (Å²) in [5.74, 6) is 0. The first-order valence-electron chi connectivity index (χ1n) is 5.79. The highest BCUT2D eigenvalue weighted by atomic mass is 79.9. The Bertz CT molecular complexity index is 361. The van der Waals surface area contributed by atoms with E-state index in [9.17, 15) is 0 Å². The first-order valence-corrected chi connectivity index (χ1v) is 6.58. The van der Waals surface area contributed by atoms with Crippen LogP contribution in [0.15, 0.2) is 28.7 Å². The van der Waals surface area contributed by atoms with Crippen molar-refractivity contribution in [3.05, 3.63) is 28.7 Å². The lowest BCUT2D eigenvalue weighted by Gasteiger charge is -2.50. The number of hydrogen-bond donors (Lipinski definition) is 0. The predicted molar refractivity (Wildman–Crippen MR) is 67.3 cm³/mol.